The van der Waals surface area contributed by atoms with Crippen LogP contribution in [0, 0.1) is 0 Å². The van der Waals surface area contributed by atoms with E-state index in [-0.39, 0.29) is 0 Å². The molecule has 1 saturated heterocycles. The molecule has 28 heavy (non-hydrogen) atoms. The molecule has 2 aromatic rings. The van der Waals surface area contributed by atoms with Crippen LogP contribution in [0.5, 0.6) is 5.75 Å². The monoisotopic (exact) mass is 402 g/mol. The Morgan fingerprint density at radius 3 is 2.11 bits per heavy atom. The molecule has 1 aliphatic heterocycles. The second-order valence-corrected chi connectivity index (χ2v) is 11.5. The maximum Gasteiger partial charge on any atom is 0.272 e. The van der Waals surface area contributed by atoms with Gasteiger partial charge < -0.3 is 4.74 Å². The van der Waals surface area contributed by atoms with Gasteiger partial charge in [-0.2, -0.15) is 0 Å². The molecule has 3 rings (SSSR count). The van der Waals surface area contributed by atoms with Crippen molar-refractivity contribution in [3.05, 3.63) is 54.1 Å². The molecule has 0 unspecified atom stereocenters. The van der Waals surface area contributed by atoms with Crippen LogP contribution in [-0.2, 0) is 0 Å². The van der Waals surface area contributed by atoms with E-state index in [0.717, 1.165) is 17.0 Å². The van der Waals surface area contributed by atoms with E-state index in [9.17, 15) is 8.78 Å². The molecule has 0 N–H and O–H groups in total. The first-order chi connectivity index (χ1) is 13.7. The zero-order chi connectivity index (χ0) is 19.8. The molecule has 0 bridgehead atoms. The first-order valence-corrected chi connectivity index (χ1v) is 13.2. The van der Waals surface area contributed by atoms with E-state index >= 15 is 0 Å². The number of ether oxygens (including phenoxy) is 1. The number of alkyl halides is 2. The maximum absolute atomic E-state index is 12.2. The van der Waals surface area contributed by atoms with Crippen LogP contribution in [0.15, 0.2) is 48.5 Å². The van der Waals surface area contributed by atoms with E-state index in [1.54, 1.807) is 18.2 Å². The molecule has 0 amide bonds. The second-order valence-electron chi connectivity index (χ2n) is 8.06. The van der Waals surface area contributed by atoms with Gasteiger partial charge in [0.05, 0.1) is 0 Å². The molecule has 1 fully saturated rings. The Bertz CT molecular complexity index is 692. The summed E-state index contributed by atoms with van der Waals surface area (Å²) >= 11 is 0. The Kier molecular flexibility index (Phi) is 8.08. The number of halogens is 2. The van der Waals surface area contributed by atoms with Crippen molar-refractivity contribution in [1.29, 1.82) is 0 Å². The molecule has 0 saturated carbocycles. The van der Waals surface area contributed by atoms with Crippen molar-refractivity contribution in [2.45, 2.75) is 69.5 Å². The summed E-state index contributed by atoms with van der Waals surface area (Å²) in [5, 5.41) is 0. The summed E-state index contributed by atoms with van der Waals surface area (Å²) in [5.74, 6) is 1.22. The summed E-state index contributed by atoms with van der Waals surface area (Å²) < 4.78 is 29.5. The lowest BCUT2D eigenvalue weighted by Crippen LogP contribution is -2.20. The van der Waals surface area contributed by atoms with Crippen LogP contribution in [-0.4, -0.2) is 21.8 Å². The average Bonchev–Trinajstić information content (AvgIpc) is 2.73. The molecule has 0 radical (unpaired) electrons. The quantitative estimate of drug-likeness (QED) is 0.316. The molecule has 2 aromatic carbocycles. The van der Waals surface area contributed by atoms with E-state index in [0.29, 0.717) is 5.75 Å². The van der Waals surface area contributed by atoms with E-state index in [4.69, 9.17) is 4.74 Å². The fourth-order valence-corrected chi connectivity index (χ4v) is 7.80. The van der Waals surface area contributed by atoms with Gasteiger partial charge in [0.25, 0.3) is 6.43 Å². The van der Waals surface area contributed by atoms with Crippen LogP contribution in [0.4, 0.5) is 8.78 Å². The fraction of sp³-hybridized carbons (Fsp3) is 0.500. The SMILES string of the molecule is CCCCC[SiH]1CCC(c2ccc(-c3ccc(OCC(F)F)cc3)cc2)CC1. The van der Waals surface area contributed by atoms with Gasteiger partial charge in [0, 0.05) is 8.80 Å². The molecule has 4 heteroatoms. The largest absolute Gasteiger partial charge is 0.488 e. The summed E-state index contributed by atoms with van der Waals surface area (Å²) in [6.07, 6.45) is 4.51. The summed E-state index contributed by atoms with van der Waals surface area (Å²) in [5.41, 5.74) is 3.72. The Labute approximate surface area is 169 Å². The minimum absolute atomic E-state index is 0.455. The number of unbranched alkanes of at least 4 members (excludes halogenated alkanes) is 2. The summed E-state index contributed by atoms with van der Waals surface area (Å²) in [4.78, 5) is 0. The third kappa shape index (κ3) is 6.16. The Balaban J connectivity index is 1.52. The number of hydrogen-bond acceptors (Lipinski definition) is 1. The lowest BCUT2D eigenvalue weighted by Gasteiger charge is -2.28. The minimum atomic E-state index is -2.44. The predicted octanol–water partition coefficient (Wildman–Crippen LogP) is 7.29. The molecule has 0 atom stereocenters. The van der Waals surface area contributed by atoms with Gasteiger partial charge in [-0.1, -0.05) is 80.7 Å². The van der Waals surface area contributed by atoms with Crippen LogP contribution in [0.1, 0.15) is 50.5 Å². The Morgan fingerprint density at radius 1 is 0.929 bits per heavy atom. The van der Waals surface area contributed by atoms with Gasteiger partial charge in [-0.15, -0.1) is 0 Å². The molecule has 1 nitrogen and oxygen atoms in total. The average molecular weight is 403 g/mol. The van der Waals surface area contributed by atoms with Crippen LogP contribution >= 0.6 is 0 Å². The zero-order valence-electron chi connectivity index (χ0n) is 16.9. The third-order valence-electron chi connectivity index (χ3n) is 6.01. The van der Waals surface area contributed by atoms with Crippen LogP contribution in [0.25, 0.3) is 11.1 Å². The number of benzene rings is 2. The van der Waals surface area contributed by atoms with Crippen molar-refractivity contribution in [1.82, 2.24) is 0 Å². The van der Waals surface area contributed by atoms with Gasteiger partial charge in [0.1, 0.15) is 12.4 Å². The molecule has 0 aliphatic carbocycles. The van der Waals surface area contributed by atoms with Gasteiger partial charge >= 0.3 is 0 Å². The standard InChI is InChI=1S/C24H32F2OSi/c1-2-3-4-15-28-16-13-22(14-17-28)20-7-5-19(6-8-20)21-9-11-23(12-10-21)27-18-24(25)26/h5-12,22,24,28H,2-4,13-18H2,1H3. The van der Waals surface area contributed by atoms with Crippen molar-refractivity contribution in [2.75, 3.05) is 6.61 Å². The van der Waals surface area contributed by atoms with Crippen molar-refractivity contribution in [3.8, 4) is 16.9 Å². The topological polar surface area (TPSA) is 9.23 Å². The molecule has 1 heterocycles. The van der Waals surface area contributed by atoms with Gasteiger partial charge in [-0.3, -0.25) is 0 Å². The maximum atomic E-state index is 12.2. The molecular weight excluding hydrogens is 370 g/mol. The lowest BCUT2D eigenvalue weighted by molar-refractivity contribution is 0.0819. The molecule has 0 aromatic heterocycles. The highest BCUT2D eigenvalue weighted by molar-refractivity contribution is 6.59. The predicted molar refractivity (Wildman–Crippen MR) is 116 cm³/mol. The van der Waals surface area contributed by atoms with Gasteiger partial charge in [0.15, 0.2) is 0 Å². The highest BCUT2D eigenvalue weighted by Crippen LogP contribution is 2.36. The van der Waals surface area contributed by atoms with Crippen LogP contribution in [0.2, 0.25) is 18.1 Å². The summed E-state index contributed by atoms with van der Waals surface area (Å²) in [7, 11) is -0.455. The van der Waals surface area contributed by atoms with Crippen molar-refractivity contribution < 1.29 is 13.5 Å². The van der Waals surface area contributed by atoms with E-state index in [2.05, 4.69) is 31.2 Å². The molecule has 0 spiro atoms. The van der Waals surface area contributed by atoms with Gasteiger partial charge in [-0.25, -0.2) is 8.78 Å². The van der Waals surface area contributed by atoms with Crippen LogP contribution in [0.3, 0.4) is 0 Å². The zero-order valence-corrected chi connectivity index (χ0v) is 18.0. The van der Waals surface area contributed by atoms with E-state index < -0.39 is 21.8 Å². The van der Waals surface area contributed by atoms with Gasteiger partial charge in [-0.05, 0) is 47.6 Å². The van der Waals surface area contributed by atoms with E-state index in [1.807, 2.05) is 12.1 Å². The number of rotatable bonds is 9. The normalized spacial score (nSPS) is 19.7. The first kappa shape index (κ1) is 21.0. The van der Waals surface area contributed by atoms with Gasteiger partial charge in [0.2, 0.25) is 0 Å². The molecular formula is C24H32F2OSi. The second kappa shape index (κ2) is 10.8. The smallest absolute Gasteiger partial charge is 0.272 e. The summed E-state index contributed by atoms with van der Waals surface area (Å²) in [6, 6.07) is 20.9. The molecule has 152 valence electrons. The molecule has 1 aliphatic rings. The Hall–Kier alpha value is -1.68. The fourth-order valence-electron chi connectivity index (χ4n) is 4.32. The lowest BCUT2D eigenvalue weighted by atomic mass is 9.92. The highest BCUT2D eigenvalue weighted by Gasteiger charge is 2.22. The summed E-state index contributed by atoms with van der Waals surface area (Å²) in [6.45, 7) is 1.73. The van der Waals surface area contributed by atoms with Crippen molar-refractivity contribution in [2.24, 2.45) is 0 Å². The van der Waals surface area contributed by atoms with E-state index in [1.165, 1.54) is 49.8 Å². The minimum Gasteiger partial charge on any atom is -0.488 e. The third-order valence-corrected chi connectivity index (χ3v) is 9.53. The van der Waals surface area contributed by atoms with Crippen molar-refractivity contribution >= 4 is 8.80 Å². The van der Waals surface area contributed by atoms with Crippen molar-refractivity contribution in [3.63, 3.8) is 0 Å². The van der Waals surface area contributed by atoms with Crippen LogP contribution < -0.4 is 4.74 Å². The number of hydrogen-bond donors (Lipinski definition) is 0. The Morgan fingerprint density at radius 2 is 1.54 bits per heavy atom. The first-order valence-electron chi connectivity index (χ1n) is 10.8. The highest BCUT2D eigenvalue weighted by atomic mass is 28.3.